The largest absolute Gasteiger partial charge is 0.396 e. The van der Waals surface area contributed by atoms with Crippen molar-refractivity contribution in [3.63, 3.8) is 0 Å². The van der Waals surface area contributed by atoms with E-state index in [9.17, 15) is 5.11 Å². The van der Waals surface area contributed by atoms with Crippen molar-refractivity contribution in [3.8, 4) is 0 Å². The molecule has 0 bridgehead atoms. The molecule has 0 radical (unpaired) electrons. The van der Waals surface area contributed by atoms with Crippen molar-refractivity contribution in [2.24, 2.45) is 0 Å². The Bertz CT molecular complexity index is 393. The minimum Gasteiger partial charge on any atom is -0.396 e. The van der Waals surface area contributed by atoms with Crippen LogP contribution in [0.5, 0.6) is 0 Å². The minimum absolute atomic E-state index is 0.00175. The third-order valence-electron chi connectivity index (χ3n) is 3.60. The van der Waals surface area contributed by atoms with Crippen LogP contribution in [-0.2, 0) is 6.61 Å². The highest BCUT2D eigenvalue weighted by Gasteiger charge is 2.27. The van der Waals surface area contributed by atoms with E-state index >= 15 is 0 Å². The lowest BCUT2D eigenvalue weighted by Crippen LogP contribution is -2.41. The maximum Gasteiger partial charge on any atom is 0.0702 e. The molecule has 1 fully saturated rings. The minimum atomic E-state index is -0.00175. The Balaban J connectivity index is 2.28. The lowest BCUT2D eigenvalue weighted by molar-refractivity contribution is 0.277. The molecular weight excluding hydrogens is 250 g/mol. The fraction of sp³-hybridized carbons (Fsp3) is 0.571. The van der Waals surface area contributed by atoms with Gasteiger partial charge in [0.2, 0.25) is 0 Å². The fourth-order valence-corrected chi connectivity index (χ4v) is 2.73. The van der Waals surface area contributed by atoms with Crippen molar-refractivity contribution in [2.75, 3.05) is 18.1 Å². The number of hydrogen-bond donors (Lipinski definition) is 2. The summed E-state index contributed by atoms with van der Waals surface area (Å²) in [7, 11) is 0. The smallest absolute Gasteiger partial charge is 0.0702 e. The van der Waals surface area contributed by atoms with Crippen LogP contribution in [0.2, 0.25) is 5.02 Å². The SMILES string of the molecule is OCCCN(c1c(Cl)cccc1CO)C1CCC1. The number of aliphatic hydroxyl groups is 2. The van der Waals surface area contributed by atoms with Gasteiger partial charge < -0.3 is 15.1 Å². The number of aliphatic hydroxyl groups excluding tert-OH is 2. The van der Waals surface area contributed by atoms with Crippen LogP contribution in [0.25, 0.3) is 0 Å². The maximum atomic E-state index is 9.45. The molecule has 0 amide bonds. The molecule has 1 saturated carbocycles. The number of benzene rings is 1. The molecule has 0 saturated heterocycles. The van der Waals surface area contributed by atoms with Crippen molar-refractivity contribution < 1.29 is 10.2 Å². The molecule has 1 aliphatic carbocycles. The van der Waals surface area contributed by atoms with Crippen molar-refractivity contribution in [1.82, 2.24) is 0 Å². The summed E-state index contributed by atoms with van der Waals surface area (Å²) >= 11 is 6.29. The zero-order chi connectivity index (χ0) is 13.0. The molecule has 100 valence electrons. The second kappa shape index (κ2) is 6.41. The third kappa shape index (κ3) is 2.79. The molecule has 1 aromatic rings. The summed E-state index contributed by atoms with van der Waals surface area (Å²) in [5.74, 6) is 0. The Morgan fingerprint density at radius 1 is 1.28 bits per heavy atom. The quantitative estimate of drug-likeness (QED) is 0.834. The Morgan fingerprint density at radius 2 is 2.06 bits per heavy atom. The predicted molar refractivity (Wildman–Crippen MR) is 74.1 cm³/mol. The molecule has 0 spiro atoms. The van der Waals surface area contributed by atoms with E-state index in [-0.39, 0.29) is 13.2 Å². The summed E-state index contributed by atoms with van der Waals surface area (Å²) in [5.41, 5.74) is 1.81. The molecule has 4 heteroatoms. The van der Waals surface area contributed by atoms with Gasteiger partial charge in [-0.1, -0.05) is 23.7 Å². The first-order chi connectivity index (χ1) is 8.77. The number of nitrogens with zero attached hydrogens (tertiary/aromatic N) is 1. The van der Waals surface area contributed by atoms with Crippen LogP contribution >= 0.6 is 11.6 Å². The highest BCUT2D eigenvalue weighted by Crippen LogP contribution is 2.36. The topological polar surface area (TPSA) is 43.7 Å². The molecular formula is C14H20ClNO2. The number of halogens is 1. The molecule has 0 heterocycles. The summed E-state index contributed by atoms with van der Waals surface area (Å²) in [6.45, 7) is 0.971. The van der Waals surface area contributed by atoms with Crippen molar-refractivity contribution in [1.29, 1.82) is 0 Å². The molecule has 0 aromatic heterocycles. The van der Waals surface area contributed by atoms with Gasteiger partial charge in [-0.15, -0.1) is 0 Å². The van der Waals surface area contributed by atoms with E-state index in [0.29, 0.717) is 11.1 Å². The first-order valence-corrected chi connectivity index (χ1v) is 6.91. The lowest BCUT2D eigenvalue weighted by atomic mass is 9.90. The first kappa shape index (κ1) is 13.7. The van der Waals surface area contributed by atoms with E-state index in [2.05, 4.69) is 4.90 Å². The number of anilines is 1. The van der Waals surface area contributed by atoms with E-state index in [1.807, 2.05) is 18.2 Å². The van der Waals surface area contributed by atoms with Gasteiger partial charge in [0.25, 0.3) is 0 Å². The molecule has 1 aliphatic rings. The van der Waals surface area contributed by atoms with E-state index in [1.54, 1.807) is 0 Å². The van der Waals surface area contributed by atoms with Crippen molar-refractivity contribution in [2.45, 2.75) is 38.3 Å². The highest BCUT2D eigenvalue weighted by molar-refractivity contribution is 6.33. The van der Waals surface area contributed by atoms with E-state index in [1.165, 1.54) is 19.3 Å². The van der Waals surface area contributed by atoms with Gasteiger partial charge in [0.1, 0.15) is 0 Å². The van der Waals surface area contributed by atoms with E-state index in [4.69, 9.17) is 16.7 Å². The molecule has 2 N–H and O–H groups in total. The zero-order valence-corrected chi connectivity index (χ0v) is 11.2. The molecule has 18 heavy (non-hydrogen) atoms. The van der Waals surface area contributed by atoms with Crippen LogP contribution in [-0.4, -0.2) is 29.4 Å². The summed E-state index contributed by atoms with van der Waals surface area (Å²) < 4.78 is 0. The normalized spacial score (nSPS) is 15.5. The first-order valence-electron chi connectivity index (χ1n) is 6.53. The monoisotopic (exact) mass is 269 g/mol. The van der Waals surface area contributed by atoms with E-state index in [0.717, 1.165) is 24.2 Å². The van der Waals surface area contributed by atoms with Gasteiger partial charge >= 0.3 is 0 Å². The molecule has 2 rings (SSSR count). The van der Waals surface area contributed by atoms with Gasteiger partial charge in [0.15, 0.2) is 0 Å². The van der Waals surface area contributed by atoms with Crippen molar-refractivity contribution >= 4 is 17.3 Å². The molecule has 3 nitrogen and oxygen atoms in total. The number of para-hydroxylation sites is 1. The average molecular weight is 270 g/mol. The zero-order valence-electron chi connectivity index (χ0n) is 10.5. The standard InChI is InChI=1S/C14H20ClNO2/c15-13-7-1-4-11(10-18)14(13)16(8-3-9-17)12-5-2-6-12/h1,4,7,12,17-18H,2-3,5-6,8-10H2. The molecule has 0 atom stereocenters. The van der Waals surface area contributed by atoms with Crippen LogP contribution in [0.3, 0.4) is 0 Å². The molecule has 1 aromatic carbocycles. The van der Waals surface area contributed by atoms with Crippen LogP contribution in [0.15, 0.2) is 18.2 Å². The highest BCUT2D eigenvalue weighted by atomic mass is 35.5. The van der Waals surface area contributed by atoms with Gasteiger partial charge in [-0.05, 0) is 31.7 Å². The second-order valence-corrected chi connectivity index (χ2v) is 5.17. The summed E-state index contributed by atoms with van der Waals surface area (Å²) in [4.78, 5) is 2.26. The fourth-order valence-electron chi connectivity index (χ4n) is 2.43. The third-order valence-corrected chi connectivity index (χ3v) is 3.91. The van der Waals surface area contributed by atoms with E-state index < -0.39 is 0 Å². The summed E-state index contributed by atoms with van der Waals surface area (Å²) in [6.07, 6.45) is 4.31. The van der Waals surface area contributed by atoms with Gasteiger partial charge in [-0.25, -0.2) is 0 Å². The van der Waals surface area contributed by atoms with Gasteiger partial charge in [-0.2, -0.15) is 0 Å². The Labute approximate surface area is 113 Å². The Hall–Kier alpha value is -0.770. The van der Waals surface area contributed by atoms with Crippen LogP contribution < -0.4 is 4.90 Å². The van der Waals surface area contributed by atoms with Gasteiger partial charge in [0, 0.05) is 24.8 Å². The van der Waals surface area contributed by atoms with Gasteiger partial charge in [0.05, 0.1) is 17.3 Å². The molecule has 0 aliphatic heterocycles. The van der Waals surface area contributed by atoms with Crippen LogP contribution in [0.4, 0.5) is 5.69 Å². The number of rotatable bonds is 6. The predicted octanol–water partition coefficient (Wildman–Crippen LogP) is 2.57. The average Bonchev–Trinajstić information content (AvgIpc) is 2.32. The maximum absolute atomic E-state index is 9.45. The number of hydrogen-bond acceptors (Lipinski definition) is 3. The lowest BCUT2D eigenvalue weighted by Gasteiger charge is -2.40. The Morgan fingerprint density at radius 3 is 2.61 bits per heavy atom. The van der Waals surface area contributed by atoms with Crippen LogP contribution in [0, 0.1) is 0 Å². The second-order valence-electron chi connectivity index (χ2n) is 4.76. The molecule has 0 unspecified atom stereocenters. The Kier molecular flexibility index (Phi) is 4.87. The van der Waals surface area contributed by atoms with Crippen molar-refractivity contribution in [3.05, 3.63) is 28.8 Å². The van der Waals surface area contributed by atoms with Gasteiger partial charge in [-0.3, -0.25) is 0 Å². The van der Waals surface area contributed by atoms with Crippen LogP contribution in [0.1, 0.15) is 31.2 Å². The summed E-state index contributed by atoms with van der Waals surface area (Å²) in [6, 6.07) is 6.14. The summed E-state index contributed by atoms with van der Waals surface area (Å²) in [5, 5.41) is 19.2.